The largest absolute Gasteiger partial charge is 0.287 e. The van der Waals surface area contributed by atoms with Gasteiger partial charge in [0.2, 0.25) is 0 Å². The quantitative estimate of drug-likeness (QED) is 0.607. The molecule has 2 nitrogen and oxygen atoms in total. The van der Waals surface area contributed by atoms with E-state index in [-0.39, 0.29) is 0 Å². The number of hydrogen-bond acceptors (Lipinski definition) is 2. The maximum absolute atomic E-state index is 8.41. The number of nitrogens with zero attached hydrogens (tertiary/aromatic N) is 2. The Morgan fingerprint density at radius 2 is 2.36 bits per heavy atom. The lowest BCUT2D eigenvalue weighted by Gasteiger charge is -2.15. The molecule has 0 saturated carbocycles. The van der Waals surface area contributed by atoms with Crippen LogP contribution in [0.1, 0.15) is 13.8 Å². The molecule has 0 aliphatic heterocycles. The zero-order valence-electron chi connectivity index (χ0n) is 6.97. The first-order valence-electron chi connectivity index (χ1n) is 3.59. The van der Waals surface area contributed by atoms with Gasteiger partial charge in [0.15, 0.2) is 0 Å². The highest BCUT2D eigenvalue weighted by Gasteiger charge is 2.00. The normalized spacial score (nSPS) is 11.7. The van der Waals surface area contributed by atoms with E-state index in [1.807, 2.05) is 18.7 Å². The molecule has 0 aromatic carbocycles. The van der Waals surface area contributed by atoms with Gasteiger partial charge in [-0.1, -0.05) is 18.5 Å². The van der Waals surface area contributed by atoms with Gasteiger partial charge in [0, 0.05) is 12.1 Å². The van der Waals surface area contributed by atoms with E-state index in [0.29, 0.717) is 6.54 Å². The summed E-state index contributed by atoms with van der Waals surface area (Å²) in [6.45, 7) is 6.12. The first-order chi connectivity index (χ1) is 5.24. The van der Waals surface area contributed by atoms with Crippen LogP contribution >= 0.6 is 11.6 Å². The molecular weight excluding hydrogens is 160 g/mol. The summed E-state index contributed by atoms with van der Waals surface area (Å²) in [5, 5.41) is 8.41. The van der Waals surface area contributed by atoms with Crippen molar-refractivity contribution in [3.63, 3.8) is 0 Å². The third kappa shape index (κ3) is 4.83. The van der Waals surface area contributed by atoms with Crippen LogP contribution in [-0.2, 0) is 0 Å². The van der Waals surface area contributed by atoms with Gasteiger partial charge in [-0.3, -0.25) is 4.90 Å². The minimum atomic E-state index is 0.471. The molecule has 62 valence electrons. The second kappa shape index (κ2) is 6.21. The summed E-state index contributed by atoms with van der Waals surface area (Å²) in [6.07, 6.45) is 0. The average Bonchev–Trinajstić information content (AvgIpc) is 2.03. The molecule has 0 saturated heterocycles. The van der Waals surface area contributed by atoms with E-state index in [0.717, 1.165) is 18.7 Å². The van der Waals surface area contributed by atoms with Gasteiger partial charge in [-0.25, -0.2) is 0 Å². The van der Waals surface area contributed by atoms with E-state index in [1.54, 1.807) is 5.54 Å². The summed E-state index contributed by atoms with van der Waals surface area (Å²) in [5.41, 5.74) is 2.64. The van der Waals surface area contributed by atoms with Crippen molar-refractivity contribution in [2.75, 3.05) is 19.6 Å². The third-order valence-corrected chi connectivity index (χ3v) is 1.77. The van der Waals surface area contributed by atoms with Crippen molar-refractivity contribution < 1.29 is 0 Å². The molecule has 0 unspecified atom stereocenters. The van der Waals surface area contributed by atoms with Crippen molar-refractivity contribution in [2.45, 2.75) is 13.8 Å². The predicted molar refractivity (Wildman–Crippen MR) is 47.3 cm³/mol. The zero-order chi connectivity index (χ0) is 8.69. The molecule has 0 amide bonds. The molecule has 0 N–H and O–H groups in total. The summed E-state index contributed by atoms with van der Waals surface area (Å²) in [5.74, 6) is 0. The number of nitriles is 1. The van der Waals surface area contributed by atoms with Gasteiger partial charge in [0.1, 0.15) is 0 Å². The van der Waals surface area contributed by atoms with Crippen LogP contribution in [0.4, 0.5) is 0 Å². The smallest absolute Gasteiger partial charge is 0.0868 e. The van der Waals surface area contributed by atoms with E-state index < -0.39 is 0 Å². The van der Waals surface area contributed by atoms with Crippen molar-refractivity contribution in [1.82, 2.24) is 4.90 Å². The molecule has 0 rings (SSSR count). The summed E-state index contributed by atoms with van der Waals surface area (Å²) in [4.78, 5) is 2.02. The van der Waals surface area contributed by atoms with Crippen molar-refractivity contribution >= 4 is 11.6 Å². The zero-order valence-corrected chi connectivity index (χ0v) is 7.73. The molecule has 0 fully saturated rings. The number of hydrogen-bond donors (Lipinski definition) is 0. The Hall–Kier alpha value is -0.520. The minimum absolute atomic E-state index is 0.471. The van der Waals surface area contributed by atoms with E-state index >= 15 is 0 Å². The van der Waals surface area contributed by atoms with E-state index in [1.165, 1.54) is 0 Å². The lowest BCUT2D eigenvalue weighted by atomic mass is 10.3. The Balaban J connectivity index is 3.79. The number of rotatable bonds is 4. The number of halogens is 1. The first kappa shape index (κ1) is 10.5. The van der Waals surface area contributed by atoms with Crippen LogP contribution in [0.15, 0.2) is 11.1 Å². The fourth-order valence-electron chi connectivity index (χ4n) is 0.767. The van der Waals surface area contributed by atoms with Crippen molar-refractivity contribution in [3.8, 4) is 6.07 Å². The molecular formula is C8H13ClN2. The molecule has 0 atom stereocenters. The third-order valence-electron chi connectivity index (χ3n) is 1.40. The molecule has 0 spiro atoms. The molecule has 3 heteroatoms. The molecule has 0 aromatic rings. The van der Waals surface area contributed by atoms with Crippen LogP contribution in [0.25, 0.3) is 0 Å². The molecule has 0 aliphatic rings. The highest BCUT2D eigenvalue weighted by molar-refractivity contribution is 6.25. The van der Waals surface area contributed by atoms with Crippen LogP contribution in [0.3, 0.4) is 0 Å². The summed E-state index contributed by atoms with van der Waals surface area (Å²) >= 11 is 5.48. The molecule has 0 bridgehead atoms. The van der Waals surface area contributed by atoms with E-state index in [9.17, 15) is 0 Å². The van der Waals surface area contributed by atoms with Crippen molar-refractivity contribution in [1.29, 1.82) is 5.26 Å². The van der Waals surface area contributed by atoms with Crippen LogP contribution in [0, 0.1) is 11.3 Å². The minimum Gasteiger partial charge on any atom is -0.287 e. The molecule has 0 aliphatic carbocycles. The highest BCUT2D eigenvalue weighted by Crippen LogP contribution is 1.98. The highest BCUT2D eigenvalue weighted by atomic mass is 35.5. The van der Waals surface area contributed by atoms with Gasteiger partial charge in [-0.15, -0.1) is 0 Å². The lowest BCUT2D eigenvalue weighted by Crippen LogP contribution is -2.25. The standard InChI is InChI=1S/C8H13ClN2/c1-3-11(5-4-10)7-8(2)6-9/h6H,3,5,7H2,1-2H3. The Morgan fingerprint density at radius 1 is 1.73 bits per heavy atom. The Bertz CT molecular complexity index is 169. The molecule has 0 aromatic heterocycles. The van der Waals surface area contributed by atoms with Crippen molar-refractivity contribution in [3.05, 3.63) is 11.1 Å². The Kier molecular flexibility index (Phi) is 5.91. The van der Waals surface area contributed by atoms with E-state index in [2.05, 4.69) is 6.07 Å². The summed E-state index contributed by atoms with van der Waals surface area (Å²) < 4.78 is 0. The van der Waals surface area contributed by atoms with Gasteiger partial charge in [0.25, 0.3) is 0 Å². The van der Waals surface area contributed by atoms with Gasteiger partial charge >= 0.3 is 0 Å². The summed E-state index contributed by atoms with van der Waals surface area (Å²) in [7, 11) is 0. The fourth-order valence-corrected chi connectivity index (χ4v) is 0.836. The van der Waals surface area contributed by atoms with Gasteiger partial charge < -0.3 is 0 Å². The maximum Gasteiger partial charge on any atom is 0.0868 e. The Labute approximate surface area is 73.1 Å². The second-order valence-corrected chi connectivity index (χ2v) is 2.64. The average molecular weight is 173 g/mol. The number of likely N-dealkylation sites (N-methyl/N-ethyl adjacent to an activating group) is 1. The van der Waals surface area contributed by atoms with Crippen LogP contribution in [0.2, 0.25) is 0 Å². The molecule has 0 heterocycles. The summed E-state index contributed by atoms with van der Waals surface area (Å²) in [6, 6.07) is 2.10. The molecule has 11 heavy (non-hydrogen) atoms. The SMILES string of the molecule is CCN(CC#N)CC(C)=CCl. The van der Waals surface area contributed by atoms with E-state index in [4.69, 9.17) is 16.9 Å². The van der Waals surface area contributed by atoms with Crippen LogP contribution in [0.5, 0.6) is 0 Å². The topological polar surface area (TPSA) is 27.0 Å². The van der Waals surface area contributed by atoms with Gasteiger partial charge in [-0.05, 0) is 19.0 Å². The van der Waals surface area contributed by atoms with Crippen molar-refractivity contribution in [2.24, 2.45) is 0 Å². The maximum atomic E-state index is 8.41. The fraction of sp³-hybridized carbons (Fsp3) is 0.625. The van der Waals surface area contributed by atoms with Crippen LogP contribution < -0.4 is 0 Å². The molecule has 0 radical (unpaired) electrons. The van der Waals surface area contributed by atoms with Gasteiger partial charge in [-0.2, -0.15) is 5.26 Å². The first-order valence-corrected chi connectivity index (χ1v) is 4.03. The monoisotopic (exact) mass is 172 g/mol. The van der Waals surface area contributed by atoms with Gasteiger partial charge in [0.05, 0.1) is 12.6 Å². The second-order valence-electron chi connectivity index (χ2n) is 2.42. The lowest BCUT2D eigenvalue weighted by molar-refractivity contribution is 0.350. The van der Waals surface area contributed by atoms with Crippen LogP contribution in [-0.4, -0.2) is 24.5 Å². The predicted octanol–water partition coefficient (Wildman–Crippen LogP) is 1.97. The Morgan fingerprint density at radius 3 is 2.73 bits per heavy atom.